The van der Waals surface area contributed by atoms with Gasteiger partial charge in [0.25, 0.3) is 0 Å². The number of carbonyl (C=O) groups excluding carboxylic acids is 1. The third kappa shape index (κ3) is 6.05. The Morgan fingerprint density at radius 2 is 2.20 bits per heavy atom. The lowest BCUT2D eigenvalue weighted by Gasteiger charge is -2.03. The molecule has 0 atom stereocenters. The number of hydrazine groups is 1. The van der Waals surface area contributed by atoms with Gasteiger partial charge >= 0.3 is 5.97 Å². The Labute approximate surface area is 96.9 Å². The highest BCUT2D eigenvalue weighted by atomic mass is 35.5. The molecule has 1 amide bonds. The number of halogens is 1. The molecule has 1 rings (SSSR count). The molecule has 0 saturated heterocycles. The molecule has 0 saturated carbocycles. The maximum atomic E-state index is 11.1. The highest BCUT2D eigenvalue weighted by Gasteiger charge is 2.03. The number of nitrogens with one attached hydrogen (secondary N) is 2. The molecule has 0 fully saturated rings. The van der Waals surface area contributed by atoms with Crippen molar-refractivity contribution in [2.75, 3.05) is 6.54 Å². The number of carboxylic acids is 1. The van der Waals surface area contributed by atoms with Crippen molar-refractivity contribution in [1.82, 2.24) is 10.9 Å². The van der Waals surface area contributed by atoms with Gasteiger partial charge in [0.15, 0.2) is 0 Å². The number of hydrogen-bond acceptors (Lipinski definition) is 4. The van der Waals surface area contributed by atoms with Gasteiger partial charge < -0.3 is 5.11 Å². The first-order chi connectivity index (χ1) is 6.68. The Bertz CT molecular complexity index is 316. The molecule has 5 nitrogen and oxygen atoms in total. The predicted octanol–water partition coefficient (Wildman–Crippen LogP) is 0.418. The molecule has 7 heteroatoms. The summed E-state index contributed by atoms with van der Waals surface area (Å²) in [6.45, 7) is -0.282. The topological polar surface area (TPSA) is 78.4 Å². The summed E-state index contributed by atoms with van der Waals surface area (Å²) in [5, 5.41) is 10.2. The fourth-order valence-electron chi connectivity index (χ4n) is 0.834. The Morgan fingerprint density at radius 1 is 1.47 bits per heavy atom. The summed E-state index contributed by atoms with van der Waals surface area (Å²) in [4.78, 5) is 22.2. The second kappa shape index (κ2) is 7.22. The lowest BCUT2D eigenvalue weighted by atomic mass is 10.3. The number of aliphatic carboxylic acids is 1. The van der Waals surface area contributed by atoms with Crippen LogP contribution in [0.3, 0.4) is 0 Å². The van der Waals surface area contributed by atoms with E-state index in [2.05, 4.69) is 10.9 Å². The molecule has 0 aromatic carbocycles. The molecule has 1 aromatic rings. The van der Waals surface area contributed by atoms with Crippen molar-refractivity contribution in [3.8, 4) is 0 Å². The molecular weight excluding hydrogens is 240 g/mol. The third-order valence-electron chi connectivity index (χ3n) is 1.38. The van der Waals surface area contributed by atoms with Crippen LogP contribution in [0.1, 0.15) is 4.88 Å². The Kier molecular flexibility index (Phi) is 6.68. The Hall–Kier alpha value is -1.11. The molecule has 1 aromatic heterocycles. The zero-order chi connectivity index (χ0) is 10.4. The van der Waals surface area contributed by atoms with Crippen LogP contribution in [0.2, 0.25) is 0 Å². The van der Waals surface area contributed by atoms with Gasteiger partial charge in [0.05, 0.1) is 6.42 Å². The average molecular weight is 251 g/mol. The molecule has 84 valence electrons. The van der Waals surface area contributed by atoms with Crippen LogP contribution < -0.4 is 10.9 Å². The number of hydrogen-bond donors (Lipinski definition) is 3. The van der Waals surface area contributed by atoms with Crippen LogP contribution in [0.4, 0.5) is 0 Å². The van der Waals surface area contributed by atoms with Crippen molar-refractivity contribution in [3.05, 3.63) is 22.4 Å². The van der Waals surface area contributed by atoms with Gasteiger partial charge in [-0.2, -0.15) is 0 Å². The van der Waals surface area contributed by atoms with Gasteiger partial charge in [-0.05, 0) is 11.4 Å². The second-order valence-corrected chi connectivity index (χ2v) is 3.58. The standard InChI is InChI=1S/C8H10N2O3S.ClH/c11-7(10-9-5-8(12)13)4-6-2-1-3-14-6;/h1-3,9H,4-5H2,(H,10,11)(H,12,13);1H. The molecule has 3 N–H and O–H groups in total. The SMILES string of the molecule is Cl.O=C(O)CNNC(=O)Cc1cccs1. The van der Waals surface area contributed by atoms with E-state index in [9.17, 15) is 9.59 Å². The van der Waals surface area contributed by atoms with Crippen molar-refractivity contribution in [2.24, 2.45) is 0 Å². The van der Waals surface area contributed by atoms with E-state index in [1.54, 1.807) is 0 Å². The zero-order valence-corrected chi connectivity index (χ0v) is 9.36. The minimum Gasteiger partial charge on any atom is -0.480 e. The Morgan fingerprint density at radius 3 is 2.73 bits per heavy atom. The predicted molar refractivity (Wildman–Crippen MR) is 59.1 cm³/mol. The number of carboxylic acid groups (broad SMARTS) is 1. The number of rotatable bonds is 5. The molecule has 15 heavy (non-hydrogen) atoms. The van der Waals surface area contributed by atoms with Gasteiger partial charge in [-0.3, -0.25) is 15.0 Å². The van der Waals surface area contributed by atoms with E-state index in [1.807, 2.05) is 17.5 Å². The van der Waals surface area contributed by atoms with Crippen LogP contribution in [-0.4, -0.2) is 23.5 Å². The van der Waals surface area contributed by atoms with E-state index >= 15 is 0 Å². The first-order valence-corrected chi connectivity index (χ1v) is 4.82. The van der Waals surface area contributed by atoms with E-state index in [4.69, 9.17) is 5.11 Å². The average Bonchev–Trinajstić information content (AvgIpc) is 2.56. The van der Waals surface area contributed by atoms with Crippen molar-refractivity contribution < 1.29 is 14.7 Å². The van der Waals surface area contributed by atoms with E-state index in [0.717, 1.165) is 4.88 Å². The molecule has 0 bridgehead atoms. The second-order valence-electron chi connectivity index (χ2n) is 2.55. The van der Waals surface area contributed by atoms with Gasteiger partial charge in [-0.25, -0.2) is 5.43 Å². The molecular formula is C8H11ClN2O3S. The fraction of sp³-hybridized carbons (Fsp3) is 0.250. The van der Waals surface area contributed by atoms with Gasteiger partial charge in [0.2, 0.25) is 5.91 Å². The molecule has 0 radical (unpaired) electrons. The van der Waals surface area contributed by atoms with Crippen LogP contribution in [0.15, 0.2) is 17.5 Å². The minimum atomic E-state index is -1.01. The van der Waals surface area contributed by atoms with Crippen molar-refractivity contribution in [3.63, 3.8) is 0 Å². The summed E-state index contributed by atoms with van der Waals surface area (Å²) < 4.78 is 0. The van der Waals surface area contributed by atoms with Crippen LogP contribution >= 0.6 is 23.7 Å². The summed E-state index contributed by atoms with van der Waals surface area (Å²) in [5.41, 5.74) is 4.59. The zero-order valence-electron chi connectivity index (χ0n) is 7.73. The van der Waals surface area contributed by atoms with Crippen molar-refractivity contribution >= 4 is 35.6 Å². The summed E-state index contributed by atoms with van der Waals surface area (Å²) in [7, 11) is 0. The summed E-state index contributed by atoms with van der Waals surface area (Å²) in [6.07, 6.45) is 0.268. The maximum Gasteiger partial charge on any atom is 0.319 e. The van der Waals surface area contributed by atoms with Crippen molar-refractivity contribution in [2.45, 2.75) is 6.42 Å². The number of amides is 1. The van der Waals surface area contributed by atoms with Gasteiger partial charge in [0, 0.05) is 4.88 Å². The fourth-order valence-corrected chi connectivity index (χ4v) is 1.54. The first kappa shape index (κ1) is 13.9. The van der Waals surface area contributed by atoms with Crippen LogP contribution in [0.5, 0.6) is 0 Å². The Balaban J connectivity index is 0.00000196. The smallest absolute Gasteiger partial charge is 0.319 e. The third-order valence-corrected chi connectivity index (χ3v) is 2.26. The van der Waals surface area contributed by atoms with Crippen LogP contribution in [-0.2, 0) is 16.0 Å². The first-order valence-electron chi connectivity index (χ1n) is 3.94. The monoisotopic (exact) mass is 250 g/mol. The van der Waals surface area contributed by atoms with E-state index < -0.39 is 5.97 Å². The highest BCUT2D eigenvalue weighted by Crippen LogP contribution is 2.08. The molecule has 0 aliphatic rings. The van der Waals surface area contributed by atoms with Crippen LogP contribution in [0.25, 0.3) is 0 Å². The molecule has 0 spiro atoms. The molecule has 0 unspecified atom stereocenters. The largest absolute Gasteiger partial charge is 0.480 e. The maximum absolute atomic E-state index is 11.1. The number of thiophene rings is 1. The minimum absolute atomic E-state index is 0. The highest BCUT2D eigenvalue weighted by molar-refractivity contribution is 7.10. The van der Waals surface area contributed by atoms with E-state index in [1.165, 1.54) is 11.3 Å². The summed E-state index contributed by atoms with van der Waals surface area (Å²) in [6, 6.07) is 3.71. The molecule has 1 heterocycles. The lowest BCUT2D eigenvalue weighted by molar-refractivity contribution is -0.136. The van der Waals surface area contributed by atoms with Gasteiger partial charge in [-0.1, -0.05) is 6.07 Å². The lowest BCUT2D eigenvalue weighted by Crippen LogP contribution is -2.41. The quantitative estimate of drug-likeness (QED) is 0.662. The summed E-state index contributed by atoms with van der Waals surface area (Å²) in [5.74, 6) is -1.25. The van der Waals surface area contributed by atoms with Gasteiger partial charge in [0.1, 0.15) is 6.54 Å². The molecule has 0 aliphatic heterocycles. The summed E-state index contributed by atoms with van der Waals surface area (Å²) >= 11 is 1.49. The van der Waals surface area contributed by atoms with Crippen molar-refractivity contribution in [1.29, 1.82) is 0 Å². The number of carbonyl (C=O) groups is 2. The van der Waals surface area contributed by atoms with Gasteiger partial charge in [-0.15, -0.1) is 23.7 Å². The van der Waals surface area contributed by atoms with E-state index in [-0.39, 0.29) is 31.3 Å². The normalized spacial score (nSPS) is 9.07. The van der Waals surface area contributed by atoms with E-state index in [0.29, 0.717) is 0 Å². The molecule has 0 aliphatic carbocycles. The van der Waals surface area contributed by atoms with Crippen LogP contribution in [0, 0.1) is 0 Å².